The normalized spacial score (nSPS) is 43.6. The summed E-state index contributed by atoms with van der Waals surface area (Å²) < 4.78 is 11.8. The Balaban J connectivity index is 1.54. The lowest BCUT2D eigenvalue weighted by atomic mass is 9.45. The molecule has 0 bridgehead atoms. The molecule has 4 aliphatic rings. The van der Waals surface area contributed by atoms with Gasteiger partial charge in [-0.05, 0) is 98.2 Å². The Morgan fingerprint density at radius 2 is 1.49 bits per heavy atom. The summed E-state index contributed by atoms with van der Waals surface area (Å²) in [5.41, 5.74) is 0.336. The average molecular weight is 489 g/mol. The Hall–Kier alpha value is -1.06. The first kappa shape index (κ1) is 27.0. The number of carbonyl (C=O) groups is 2. The molecule has 0 spiro atoms. The zero-order valence-electron chi connectivity index (χ0n) is 23.6. The number of rotatable bonds is 7. The van der Waals surface area contributed by atoms with Gasteiger partial charge in [-0.15, -0.1) is 0 Å². The van der Waals surface area contributed by atoms with E-state index in [4.69, 9.17) is 9.47 Å². The number of fused-ring (bicyclic) bond motifs is 5. The third kappa shape index (κ3) is 5.19. The van der Waals surface area contributed by atoms with E-state index in [9.17, 15) is 9.59 Å². The first-order chi connectivity index (χ1) is 16.5. The van der Waals surface area contributed by atoms with Crippen LogP contribution in [0, 0.1) is 52.3 Å². The molecule has 4 heteroatoms. The second-order valence-electron chi connectivity index (χ2n) is 13.9. The fourth-order valence-electron chi connectivity index (χ4n) is 9.93. The molecule has 0 saturated heterocycles. The maximum Gasteiger partial charge on any atom is 0.302 e. The van der Waals surface area contributed by atoms with Gasteiger partial charge in [-0.25, -0.2) is 0 Å². The van der Waals surface area contributed by atoms with E-state index in [1.807, 2.05) is 0 Å². The molecular formula is C31H52O4. The second-order valence-corrected chi connectivity index (χ2v) is 13.9. The fraction of sp³-hybridized carbons (Fsp3) is 0.935. The summed E-state index contributed by atoms with van der Waals surface area (Å²) in [7, 11) is 0. The maximum absolute atomic E-state index is 12.2. The number of hydrogen-bond donors (Lipinski definition) is 0. The van der Waals surface area contributed by atoms with Crippen LogP contribution in [0.15, 0.2) is 0 Å². The van der Waals surface area contributed by atoms with Crippen LogP contribution in [0.5, 0.6) is 0 Å². The van der Waals surface area contributed by atoms with E-state index in [-0.39, 0.29) is 29.6 Å². The van der Waals surface area contributed by atoms with Crippen LogP contribution in [0.2, 0.25) is 0 Å². The molecule has 0 amide bonds. The van der Waals surface area contributed by atoms with Crippen molar-refractivity contribution in [2.24, 2.45) is 52.3 Å². The lowest BCUT2D eigenvalue weighted by molar-refractivity contribution is -0.200. The largest absolute Gasteiger partial charge is 0.463 e. The van der Waals surface area contributed by atoms with Crippen molar-refractivity contribution in [2.45, 2.75) is 131 Å². The van der Waals surface area contributed by atoms with Gasteiger partial charge in [-0.3, -0.25) is 9.59 Å². The van der Waals surface area contributed by atoms with Crippen LogP contribution in [0.3, 0.4) is 0 Å². The van der Waals surface area contributed by atoms with Crippen molar-refractivity contribution in [2.75, 3.05) is 0 Å². The molecule has 0 heterocycles. The molecule has 200 valence electrons. The van der Waals surface area contributed by atoms with Crippen molar-refractivity contribution in [3.8, 4) is 0 Å². The second kappa shape index (κ2) is 10.4. The van der Waals surface area contributed by atoms with E-state index >= 15 is 0 Å². The van der Waals surface area contributed by atoms with Crippen LogP contribution in [-0.4, -0.2) is 24.1 Å². The first-order valence-corrected chi connectivity index (χ1v) is 14.8. The highest BCUT2D eigenvalue weighted by atomic mass is 16.5. The molecule has 0 aromatic rings. The van der Waals surface area contributed by atoms with Gasteiger partial charge in [0, 0.05) is 19.3 Å². The number of hydrogen-bond acceptors (Lipinski definition) is 4. The van der Waals surface area contributed by atoms with Crippen molar-refractivity contribution in [1.29, 1.82) is 0 Å². The zero-order valence-corrected chi connectivity index (χ0v) is 23.6. The average Bonchev–Trinajstić information content (AvgIpc) is 3.10. The minimum Gasteiger partial charge on any atom is -0.463 e. The van der Waals surface area contributed by atoms with Gasteiger partial charge in [0.05, 0.1) is 0 Å². The summed E-state index contributed by atoms with van der Waals surface area (Å²) in [5.74, 6) is 4.78. The molecule has 10 atom stereocenters. The molecule has 0 N–H and O–H groups in total. The van der Waals surface area contributed by atoms with Gasteiger partial charge in [-0.2, -0.15) is 0 Å². The Labute approximate surface area is 214 Å². The molecule has 4 rings (SSSR count). The summed E-state index contributed by atoms with van der Waals surface area (Å²) in [6, 6.07) is 0. The molecule has 0 aromatic carbocycles. The highest BCUT2D eigenvalue weighted by molar-refractivity contribution is 5.66. The molecule has 0 aliphatic heterocycles. The summed E-state index contributed by atoms with van der Waals surface area (Å²) in [4.78, 5) is 23.9. The molecule has 0 aromatic heterocycles. The predicted octanol–water partition coefficient (Wildman–Crippen LogP) is 7.58. The van der Waals surface area contributed by atoms with Crippen molar-refractivity contribution < 1.29 is 19.1 Å². The third-order valence-corrected chi connectivity index (χ3v) is 11.4. The van der Waals surface area contributed by atoms with E-state index in [1.165, 1.54) is 51.9 Å². The smallest absolute Gasteiger partial charge is 0.302 e. The third-order valence-electron chi connectivity index (χ3n) is 11.4. The quantitative estimate of drug-likeness (QED) is 0.347. The standard InChI is InChI=1S/C31H52O4/c1-19(2)9-8-10-20(3)26-13-14-28-25-17-29(35-22(5)33)31(7)18-23(34-21(4)32)11-12-27(31)24(25)15-16-30(26,28)6/h19-20,23-29H,8-18H2,1-7H3/t20-,23-,24-,25-,26+,27-,28-,29+,30-,31+/m1/s1. The number of carbonyl (C=O) groups excluding carboxylic acids is 2. The summed E-state index contributed by atoms with van der Waals surface area (Å²) in [5, 5.41) is 0. The van der Waals surface area contributed by atoms with Crippen LogP contribution in [0.25, 0.3) is 0 Å². The Morgan fingerprint density at radius 3 is 2.14 bits per heavy atom. The molecule has 4 saturated carbocycles. The summed E-state index contributed by atoms with van der Waals surface area (Å²) in [6.07, 6.45) is 13.2. The molecule has 0 unspecified atom stereocenters. The molecule has 0 radical (unpaired) electrons. The first-order valence-electron chi connectivity index (χ1n) is 14.8. The monoisotopic (exact) mass is 488 g/mol. The Morgan fingerprint density at radius 1 is 0.829 bits per heavy atom. The van der Waals surface area contributed by atoms with Gasteiger partial charge in [0.1, 0.15) is 12.2 Å². The van der Waals surface area contributed by atoms with E-state index in [2.05, 4.69) is 34.6 Å². The lowest BCUT2D eigenvalue weighted by Gasteiger charge is -2.62. The van der Waals surface area contributed by atoms with Crippen molar-refractivity contribution in [1.82, 2.24) is 0 Å². The van der Waals surface area contributed by atoms with Gasteiger partial charge in [0.15, 0.2) is 0 Å². The van der Waals surface area contributed by atoms with Crippen LogP contribution in [-0.2, 0) is 19.1 Å². The number of ether oxygens (including phenoxy) is 2. The highest BCUT2D eigenvalue weighted by Gasteiger charge is 2.63. The topological polar surface area (TPSA) is 52.6 Å². The molecule has 4 fully saturated rings. The molecule has 4 nitrogen and oxygen atoms in total. The predicted molar refractivity (Wildman–Crippen MR) is 140 cm³/mol. The SMILES string of the molecule is CC(=O)O[C@@H]1CC[C@@H]2[C@@H]3CC[C@@]4(C)[C@H](CC[C@H]4[C@H](C)CCCC(C)C)[C@@H]3C[C@H](OC(C)=O)[C@@]2(C)C1. The van der Waals surface area contributed by atoms with Crippen LogP contribution in [0.4, 0.5) is 0 Å². The van der Waals surface area contributed by atoms with E-state index in [0.717, 1.165) is 55.3 Å². The van der Waals surface area contributed by atoms with Crippen LogP contribution in [0.1, 0.15) is 119 Å². The number of esters is 2. The molecule has 4 aliphatic carbocycles. The minimum atomic E-state index is -0.192. The summed E-state index contributed by atoms with van der Waals surface area (Å²) >= 11 is 0. The van der Waals surface area contributed by atoms with Gasteiger partial charge in [-0.1, -0.05) is 53.9 Å². The zero-order chi connectivity index (χ0) is 25.5. The van der Waals surface area contributed by atoms with Gasteiger partial charge in [0.2, 0.25) is 0 Å². The van der Waals surface area contributed by atoms with Gasteiger partial charge in [0.25, 0.3) is 0 Å². The Bertz CT molecular complexity index is 776. The summed E-state index contributed by atoms with van der Waals surface area (Å²) in [6.45, 7) is 15.2. The van der Waals surface area contributed by atoms with E-state index in [0.29, 0.717) is 17.3 Å². The highest BCUT2D eigenvalue weighted by Crippen LogP contribution is 2.68. The fourth-order valence-corrected chi connectivity index (χ4v) is 9.93. The Kier molecular flexibility index (Phi) is 7.99. The van der Waals surface area contributed by atoms with Crippen molar-refractivity contribution in [3.05, 3.63) is 0 Å². The lowest BCUT2D eigenvalue weighted by Crippen LogP contribution is -2.59. The van der Waals surface area contributed by atoms with E-state index < -0.39 is 0 Å². The van der Waals surface area contributed by atoms with Gasteiger partial charge < -0.3 is 9.47 Å². The molecular weight excluding hydrogens is 436 g/mol. The minimum absolute atomic E-state index is 0.0419. The van der Waals surface area contributed by atoms with Crippen LogP contribution >= 0.6 is 0 Å². The van der Waals surface area contributed by atoms with E-state index in [1.54, 1.807) is 6.92 Å². The maximum atomic E-state index is 12.2. The van der Waals surface area contributed by atoms with Gasteiger partial charge >= 0.3 is 11.9 Å². The van der Waals surface area contributed by atoms with Crippen LogP contribution < -0.4 is 0 Å². The van der Waals surface area contributed by atoms with Crippen molar-refractivity contribution >= 4 is 11.9 Å². The molecule has 35 heavy (non-hydrogen) atoms. The van der Waals surface area contributed by atoms with Crippen molar-refractivity contribution in [3.63, 3.8) is 0 Å².